The van der Waals surface area contributed by atoms with Crippen molar-refractivity contribution < 1.29 is 27.6 Å². The predicted molar refractivity (Wildman–Crippen MR) is 115 cm³/mol. The van der Waals surface area contributed by atoms with Crippen molar-refractivity contribution >= 4 is 27.3 Å². The van der Waals surface area contributed by atoms with Crippen LogP contribution in [0.4, 0.5) is 11.4 Å². The van der Waals surface area contributed by atoms with Crippen molar-refractivity contribution in [2.45, 2.75) is 24.7 Å². The zero-order valence-corrected chi connectivity index (χ0v) is 18.3. The number of hydrogen-bond donors (Lipinski definition) is 1. The maximum absolute atomic E-state index is 13.1. The minimum absolute atomic E-state index is 0.0665. The Hall–Kier alpha value is -3.18. The van der Waals surface area contributed by atoms with Gasteiger partial charge < -0.3 is 14.8 Å². The predicted octanol–water partition coefficient (Wildman–Crippen LogP) is 2.71. The van der Waals surface area contributed by atoms with E-state index in [0.29, 0.717) is 48.8 Å². The number of nitro benzene ring substituents is 1. The maximum Gasteiger partial charge on any atom is 0.274 e. The number of nitrogens with zero attached hydrogens (tertiary/aromatic N) is 2. The lowest BCUT2D eigenvalue weighted by atomic mass is 9.97. The van der Waals surface area contributed by atoms with Crippen molar-refractivity contribution in [2.75, 3.05) is 31.6 Å². The van der Waals surface area contributed by atoms with Crippen LogP contribution in [0.3, 0.4) is 0 Å². The highest BCUT2D eigenvalue weighted by atomic mass is 32.2. The summed E-state index contributed by atoms with van der Waals surface area (Å²) >= 11 is 0. The van der Waals surface area contributed by atoms with Crippen molar-refractivity contribution in [1.29, 1.82) is 0 Å². The monoisotopic (exact) mass is 461 g/mol. The number of nitro groups is 1. The lowest BCUT2D eigenvalue weighted by molar-refractivity contribution is -0.385. The van der Waals surface area contributed by atoms with E-state index in [1.807, 2.05) is 0 Å². The molecular weight excluding hydrogens is 438 g/mol. The molecule has 0 unspecified atom stereocenters. The SMILES string of the molecule is Cc1c(NC(=O)C2CCN(S(=O)(=O)c3ccc4c(c3)OCCO4)CC2)cccc1[N+](=O)[O-]. The third-order valence-electron chi connectivity index (χ3n) is 5.74. The molecule has 2 aromatic carbocycles. The zero-order valence-electron chi connectivity index (χ0n) is 17.4. The maximum atomic E-state index is 13.1. The van der Waals surface area contributed by atoms with Crippen molar-refractivity contribution in [1.82, 2.24) is 4.31 Å². The molecule has 170 valence electrons. The van der Waals surface area contributed by atoms with E-state index in [1.54, 1.807) is 19.1 Å². The van der Waals surface area contributed by atoms with Gasteiger partial charge in [0.2, 0.25) is 15.9 Å². The Balaban J connectivity index is 1.41. The van der Waals surface area contributed by atoms with Crippen LogP contribution in [0.5, 0.6) is 11.5 Å². The summed E-state index contributed by atoms with van der Waals surface area (Å²) in [5.41, 5.74) is 0.697. The van der Waals surface area contributed by atoms with Crippen molar-refractivity contribution in [3.8, 4) is 11.5 Å². The number of sulfonamides is 1. The molecule has 2 heterocycles. The Labute approximate surface area is 185 Å². The minimum Gasteiger partial charge on any atom is -0.486 e. The highest BCUT2D eigenvalue weighted by molar-refractivity contribution is 7.89. The summed E-state index contributed by atoms with van der Waals surface area (Å²) in [6, 6.07) is 9.06. The molecule has 11 heteroatoms. The number of nitrogens with one attached hydrogen (secondary N) is 1. The molecule has 10 nitrogen and oxygen atoms in total. The van der Waals surface area contributed by atoms with Gasteiger partial charge in [-0.05, 0) is 38.0 Å². The fourth-order valence-corrected chi connectivity index (χ4v) is 5.37. The summed E-state index contributed by atoms with van der Waals surface area (Å²) in [5.74, 6) is 0.256. The summed E-state index contributed by atoms with van der Waals surface area (Å²) in [5, 5.41) is 13.9. The normalized spacial score (nSPS) is 17.0. The van der Waals surface area contributed by atoms with E-state index in [4.69, 9.17) is 9.47 Å². The van der Waals surface area contributed by atoms with Crippen LogP contribution in [0.15, 0.2) is 41.3 Å². The van der Waals surface area contributed by atoms with Crippen molar-refractivity contribution in [3.05, 3.63) is 52.1 Å². The molecule has 2 aromatic rings. The Morgan fingerprint density at radius 3 is 2.50 bits per heavy atom. The topological polar surface area (TPSA) is 128 Å². The third kappa shape index (κ3) is 4.26. The van der Waals surface area contributed by atoms with E-state index < -0.39 is 14.9 Å². The van der Waals surface area contributed by atoms with Gasteiger partial charge in [-0.2, -0.15) is 4.31 Å². The molecule has 1 amide bonds. The van der Waals surface area contributed by atoms with Gasteiger partial charge in [0.05, 0.1) is 21.1 Å². The van der Waals surface area contributed by atoms with Crippen LogP contribution in [0.1, 0.15) is 18.4 Å². The average Bonchev–Trinajstić information content (AvgIpc) is 2.80. The Kier molecular flexibility index (Phi) is 6.02. The summed E-state index contributed by atoms with van der Waals surface area (Å²) in [7, 11) is -3.73. The molecule has 32 heavy (non-hydrogen) atoms. The number of fused-ring (bicyclic) bond motifs is 1. The second-order valence-corrected chi connectivity index (χ2v) is 9.62. The molecule has 0 aromatic heterocycles. The molecule has 0 atom stereocenters. The summed E-state index contributed by atoms with van der Waals surface area (Å²) in [6.07, 6.45) is 0.702. The van der Waals surface area contributed by atoms with E-state index in [2.05, 4.69) is 5.32 Å². The van der Waals surface area contributed by atoms with Gasteiger partial charge in [-0.25, -0.2) is 8.42 Å². The van der Waals surface area contributed by atoms with Gasteiger partial charge in [0.1, 0.15) is 13.2 Å². The molecule has 0 bridgehead atoms. The molecule has 2 aliphatic heterocycles. The van der Waals surface area contributed by atoms with Crippen molar-refractivity contribution in [3.63, 3.8) is 0 Å². The number of rotatable bonds is 5. The molecule has 0 saturated carbocycles. The smallest absolute Gasteiger partial charge is 0.274 e. The first-order valence-corrected chi connectivity index (χ1v) is 11.7. The van der Waals surface area contributed by atoms with E-state index in [1.165, 1.54) is 28.6 Å². The standard InChI is InChI=1S/C21H23N3O7S/c1-14-17(3-2-4-18(14)24(26)27)22-21(25)15-7-9-23(10-8-15)32(28,29)16-5-6-19-20(13-16)31-12-11-30-19/h2-6,13,15H,7-12H2,1H3,(H,22,25). The van der Waals surface area contributed by atoms with Gasteiger partial charge in [0.25, 0.3) is 5.69 Å². The number of anilines is 1. The average molecular weight is 461 g/mol. The number of carbonyl (C=O) groups excluding carboxylic acids is 1. The third-order valence-corrected chi connectivity index (χ3v) is 7.63. The number of ether oxygens (including phenoxy) is 2. The highest BCUT2D eigenvalue weighted by Crippen LogP contribution is 2.34. The fraction of sp³-hybridized carbons (Fsp3) is 0.381. The quantitative estimate of drug-likeness (QED) is 0.535. The van der Waals surface area contributed by atoms with Crippen LogP contribution < -0.4 is 14.8 Å². The number of carbonyl (C=O) groups is 1. The minimum atomic E-state index is -3.73. The summed E-state index contributed by atoms with van der Waals surface area (Å²) in [6.45, 7) is 2.76. The number of benzene rings is 2. The number of hydrogen-bond acceptors (Lipinski definition) is 7. The second-order valence-electron chi connectivity index (χ2n) is 7.68. The molecule has 1 saturated heterocycles. The summed E-state index contributed by atoms with van der Waals surface area (Å²) < 4.78 is 38.4. The first kappa shape index (κ1) is 22.0. The molecular formula is C21H23N3O7S. The molecule has 2 aliphatic rings. The molecule has 0 aliphatic carbocycles. The van der Waals surface area contributed by atoms with Gasteiger partial charge in [-0.3, -0.25) is 14.9 Å². The van der Waals surface area contributed by atoms with Crippen LogP contribution in [-0.4, -0.2) is 49.9 Å². The van der Waals surface area contributed by atoms with Crippen LogP contribution >= 0.6 is 0 Å². The van der Waals surface area contributed by atoms with Crippen LogP contribution in [-0.2, 0) is 14.8 Å². The lowest BCUT2D eigenvalue weighted by Gasteiger charge is -2.31. The van der Waals surface area contributed by atoms with E-state index in [9.17, 15) is 23.3 Å². The van der Waals surface area contributed by atoms with E-state index >= 15 is 0 Å². The van der Waals surface area contributed by atoms with Gasteiger partial charge in [-0.1, -0.05) is 6.07 Å². The lowest BCUT2D eigenvalue weighted by Crippen LogP contribution is -2.41. The summed E-state index contributed by atoms with van der Waals surface area (Å²) in [4.78, 5) is 23.4. The molecule has 0 spiro atoms. The molecule has 4 rings (SSSR count). The largest absolute Gasteiger partial charge is 0.486 e. The molecule has 1 fully saturated rings. The van der Waals surface area contributed by atoms with Crippen molar-refractivity contribution in [2.24, 2.45) is 5.92 Å². The van der Waals surface area contributed by atoms with E-state index in [0.717, 1.165) is 0 Å². The molecule has 0 radical (unpaired) electrons. The van der Waals surface area contributed by atoms with Crippen LogP contribution in [0.25, 0.3) is 0 Å². The number of amides is 1. The zero-order chi connectivity index (χ0) is 22.9. The Morgan fingerprint density at radius 2 is 1.81 bits per heavy atom. The number of piperidine rings is 1. The van der Waals surface area contributed by atoms with Crippen LogP contribution in [0, 0.1) is 23.0 Å². The fourth-order valence-electron chi connectivity index (χ4n) is 3.88. The van der Waals surface area contributed by atoms with Gasteiger partial charge in [0.15, 0.2) is 11.5 Å². The van der Waals surface area contributed by atoms with E-state index in [-0.39, 0.29) is 35.5 Å². The Bertz CT molecular complexity index is 1160. The van der Waals surface area contributed by atoms with Crippen LogP contribution in [0.2, 0.25) is 0 Å². The molecule has 1 N–H and O–H groups in total. The van der Waals surface area contributed by atoms with Gasteiger partial charge >= 0.3 is 0 Å². The first-order valence-electron chi connectivity index (χ1n) is 10.2. The highest BCUT2D eigenvalue weighted by Gasteiger charge is 2.33. The second kappa shape index (κ2) is 8.75. The van der Waals surface area contributed by atoms with Gasteiger partial charge in [-0.15, -0.1) is 0 Å². The first-order chi connectivity index (χ1) is 15.3. The van der Waals surface area contributed by atoms with Gasteiger partial charge in [0, 0.05) is 31.1 Å². The Morgan fingerprint density at radius 1 is 1.12 bits per heavy atom.